The molecule has 0 saturated carbocycles. The summed E-state index contributed by atoms with van der Waals surface area (Å²) in [5, 5.41) is 0. The molecular formula is C9H8FNO4S. The molecule has 1 heterocycles. The molecule has 7 heteroatoms. The van der Waals surface area contributed by atoms with E-state index in [2.05, 4.69) is 0 Å². The molecule has 0 aliphatic carbocycles. The lowest BCUT2D eigenvalue weighted by molar-refractivity contribution is 0.512. The second-order valence-corrected chi connectivity index (χ2v) is 4.53. The number of benzene rings is 1. The fourth-order valence-electron chi connectivity index (χ4n) is 1.50. The van der Waals surface area contributed by atoms with E-state index in [1.807, 2.05) is 0 Å². The van der Waals surface area contributed by atoms with Crippen LogP contribution in [0.2, 0.25) is 0 Å². The third kappa shape index (κ3) is 1.63. The Morgan fingerprint density at radius 2 is 2.12 bits per heavy atom. The largest absolute Gasteiger partial charge is 0.419 e. The molecule has 0 atom stereocenters. The number of fused-ring (bicyclic) bond motifs is 1. The minimum Gasteiger partial charge on any atom is -0.408 e. The van der Waals surface area contributed by atoms with Crippen molar-refractivity contribution in [3.05, 3.63) is 28.7 Å². The van der Waals surface area contributed by atoms with Gasteiger partial charge < -0.3 is 4.42 Å². The van der Waals surface area contributed by atoms with Gasteiger partial charge in [-0.1, -0.05) is 0 Å². The topological polar surface area (TPSA) is 69.3 Å². The first-order chi connectivity index (χ1) is 7.43. The molecule has 1 aromatic heterocycles. The predicted molar refractivity (Wildman–Crippen MR) is 54.4 cm³/mol. The zero-order valence-electron chi connectivity index (χ0n) is 8.31. The van der Waals surface area contributed by atoms with Gasteiger partial charge in [0.2, 0.25) is 0 Å². The summed E-state index contributed by atoms with van der Waals surface area (Å²) in [6.45, 7) is 2.14. The molecule has 0 aliphatic rings. The van der Waals surface area contributed by atoms with Crippen LogP contribution >= 0.6 is 0 Å². The molecule has 2 aromatic rings. The molecule has 0 aliphatic heterocycles. The van der Waals surface area contributed by atoms with Gasteiger partial charge in [0.15, 0.2) is 5.58 Å². The Balaban J connectivity index is 2.80. The first kappa shape index (κ1) is 10.9. The maximum absolute atomic E-state index is 12.7. The van der Waals surface area contributed by atoms with Crippen LogP contribution in [0.15, 0.2) is 32.3 Å². The van der Waals surface area contributed by atoms with Crippen molar-refractivity contribution in [1.82, 2.24) is 4.57 Å². The Bertz CT molecular complexity index is 698. The van der Waals surface area contributed by atoms with Crippen LogP contribution in [0, 0.1) is 0 Å². The highest BCUT2D eigenvalue weighted by Crippen LogP contribution is 2.19. The van der Waals surface area contributed by atoms with Crippen molar-refractivity contribution in [1.29, 1.82) is 0 Å². The molecule has 0 spiro atoms. The number of oxazole rings is 1. The SMILES string of the molecule is CCn1c(=O)oc2cc(S(=O)(=O)F)ccc21. The second kappa shape index (κ2) is 3.44. The molecule has 0 N–H and O–H groups in total. The zero-order chi connectivity index (χ0) is 11.9. The molecule has 1 aromatic carbocycles. The van der Waals surface area contributed by atoms with Crippen LogP contribution in [0.5, 0.6) is 0 Å². The summed E-state index contributed by atoms with van der Waals surface area (Å²) in [5.74, 6) is -0.592. The standard InChI is InChI=1S/C9H8FNO4S/c1-2-11-7-4-3-6(16(10,13)14)5-8(7)15-9(11)12/h3-5H,2H2,1H3. The zero-order valence-corrected chi connectivity index (χ0v) is 9.12. The molecular weight excluding hydrogens is 237 g/mol. The van der Waals surface area contributed by atoms with Crippen molar-refractivity contribution in [2.75, 3.05) is 0 Å². The number of hydrogen-bond donors (Lipinski definition) is 0. The van der Waals surface area contributed by atoms with Crippen molar-refractivity contribution >= 4 is 21.3 Å². The Hall–Kier alpha value is -1.63. The van der Waals surface area contributed by atoms with Gasteiger partial charge in [-0.3, -0.25) is 4.57 Å². The van der Waals surface area contributed by atoms with Gasteiger partial charge >= 0.3 is 16.0 Å². The summed E-state index contributed by atoms with van der Waals surface area (Å²) in [5.41, 5.74) is 0.505. The van der Waals surface area contributed by atoms with Gasteiger partial charge in [0, 0.05) is 12.6 Å². The predicted octanol–water partition coefficient (Wildman–Crippen LogP) is 1.27. The van der Waals surface area contributed by atoms with E-state index in [4.69, 9.17) is 4.42 Å². The highest BCUT2D eigenvalue weighted by atomic mass is 32.3. The number of nitrogens with zero attached hydrogens (tertiary/aromatic N) is 1. The summed E-state index contributed by atoms with van der Waals surface area (Å²) < 4.78 is 40.1. The highest BCUT2D eigenvalue weighted by molar-refractivity contribution is 7.86. The summed E-state index contributed by atoms with van der Waals surface area (Å²) in [7, 11) is -4.78. The van der Waals surface area contributed by atoms with E-state index in [0.29, 0.717) is 12.1 Å². The molecule has 0 unspecified atom stereocenters. The van der Waals surface area contributed by atoms with Crippen LogP contribution in [-0.4, -0.2) is 13.0 Å². The summed E-state index contributed by atoms with van der Waals surface area (Å²) in [4.78, 5) is 10.8. The van der Waals surface area contributed by atoms with E-state index >= 15 is 0 Å². The fraction of sp³-hybridized carbons (Fsp3) is 0.222. The van der Waals surface area contributed by atoms with Crippen LogP contribution in [0.1, 0.15) is 6.92 Å². The number of aryl methyl sites for hydroxylation is 1. The minimum absolute atomic E-state index is 0.0607. The lowest BCUT2D eigenvalue weighted by Gasteiger charge is -1.96. The number of rotatable bonds is 2. The molecule has 5 nitrogen and oxygen atoms in total. The van der Waals surface area contributed by atoms with Crippen molar-refractivity contribution in [2.45, 2.75) is 18.4 Å². The summed E-state index contributed by atoms with van der Waals surface area (Å²) in [6, 6.07) is 3.44. The van der Waals surface area contributed by atoms with Gasteiger partial charge in [-0.2, -0.15) is 8.42 Å². The smallest absolute Gasteiger partial charge is 0.408 e. The first-order valence-electron chi connectivity index (χ1n) is 4.51. The average Bonchev–Trinajstić information content (AvgIpc) is 2.50. The second-order valence-electron chi connectivity index (χ2n) is 3.18. The van der Waals surface area contributed by atoms with E-state index in [1.165, 1.54) is 10.6 Å². The van der Waals surface area contributed by atoms with E-state index in [-0.39, 0.29) is 5.58 Å². The van der Waals surface area contributed by atoms with E-state index in [0.717, 1.165) is 12.1 Å². The number of halogens is 1. The molecule has 0 bridgehead atoms. The highest BCUT2D eigenvalue weighted by Gasteiger charge is 2.15. The van der Waals surface area contributed by atoms with E-state index in [9.17, 15) is 17.1 Å². The monoisotopic (exact) mass is 245 g/mol. The Kier molecular flexibility index (Phi) is 2.34. The minimum atomic E-state index is -4.78. The number of hydrogen-bond acceptors (Lipinski definition) is 4. The van der Waals surface area contributed by atoms with E-state index < -0.39 is 20.9 Å². The lowest BCUT2D eigenvalue weighted by Crippen LogP contribution is -2.11. The maximum atomic E-state index is 12.7. The van der Waals surface area contributed by atoms with Crippen LogP contribution in [0.3, 0.4) is 0 Å². The number of aromatic nitrogens is 1. The lowest BCUT2D eigenvalue weighted by atomic mass is 10.3. The quantitative estimate of drug-likeness (QED) is 0.747. The molecule has 2 rings (SSSR count). The third-order valence-electron chi connectivity index (χ3n) is 2.24. The molecule has 86 valence electrons. The van der Waals surface area contributed by atoms with Crippen LogP contribution in [0.4, 0.5) is 3.89 Å². The third-order valence-corrected chi connectivity index (χ3v) is 3.05. The van der Waals surface area contributed by atoms with E-state index in [1.54, 1.807) is 6.92 Å². The molecule has 0 fully saturated rings. The average molecular weight is 245 g/mol. The molecule has 0 amide bonds. The molecule has 16 heavy (non-hydrogen) atoms. The van der Waals surface area contributed by atoms with Crippen molar-refractivity contribution in [3.8, 4) is 0 Å². The van der Waals surface area contributed by atoms with Crippen LogP contribution in [-0.2, 0) is 16.8 Å². The van der Waals surface area contributed by atoms with Gasteiger partial charge in [-0.25, -0.2) is 4.79 Å². The van der Waals surface area contributed by atoms with Crippen LogP contribution < -0.4 is 5.76 Å². The molecule has 0 saturated heterocycles. The molecule has 0 radical (unpaired) electrons. The van der Waals surface area contributed by atoms with Gasteiger partial charge in [-0.05, 0) is 19.1 Å². The Morgan fingerprint density at radius 1 is 1.44 bits per heavy atom. The van der Waals surface area contributed by atoms with Crippen molar-refractivity contribution in [2.24, 2.45) is 0 Å². The van der Waals surface area contributed by atoms with Crippen molar-refractivity contribution < 1.29 is 16.7 Å². The van der Waals surface area contributed by atoms with Gasteiger partial charge in [0.1, 0.15) is 4.90 Å². The Morgan fingerprint density at radius 3 is 2.69 bits per heavy atom. The maximum Gasteiger partial charge on any atom is 0.419 e. The van der Waals surface area contributed by atoms with Gasteiger partial charge in [0.05, 0.1) is 5.52 Å². The fourth-order valence-corrected chi connectivity index (χ4v) is 1.98. The van der Waals surface area contributed by atoms with Gasteiger partial charge in [-0.15, -0.1) is 3.89 Å². The van der Waals surface area contributed by atoms with Crippen LogP contribution in [0.25, 0.3) is 11.1 Å². The van der Waals surface area contributed by atoms with Gasteiger partial charge in [0.25, 0.3) is 0 Å². The first-order valence-corrected chi connectivity index (χ1v) is 5.90. The normalized spacial score (nSPS) is 12.1. The summed E-state index contributed by atoms with van der Waals surface area (Å²) >= 11 is 0. The Labute approximate surface area is 90.3 Å². The van der Waals surface area contributed by atoms with Crippen molar-refractivity contribution in [3.63, 3.8) is 0 Å². The summed E-state index contributed by atoms with van der Waals surface area (Å²) in [6.07, 6.45) is 0.